The van der Waals surface area contributed by atoms with Crippen LogP contribution in [0.3, 0.4) is 0 Å². The summed E-state index contributed by atoms with van der Waals surface area (Å²) in [5, 5.41) is 22.4. The number of halogens is 3. The zero-order chi connectivity index (χ0) is 32.6. The Bertz CT molecular complexity index is 1970. The molecule has 1 amide bonds. The van der Waals surface area contributed by atoms with Crippen LogP contribution in [0.2, 0.25) is 10.0 Å². The molecule has 1 N–H and O–H groups in total. The van der Waals surface area contributed by atoms with Gasteiger partial charge in [-0.3, -0.25) is 19.8 Å². The second kappa shape index (κ2) is 12.2. The quantitative estimate of drug-likeness (QED) is 0.0875. The van der Waals surface area contributed by atoms with Crippen molar-refractivity contribution in [2.45, 2.75) is 17.3 Å². The van der Waals surface area contributed by atoms with Gasteiger partial charge in [0, 0.05) is 56.5 Å². The summed E-state index contributed by atoms with van der Waals surface area (Å²) in [5.41, 5.74) is 2.24. The minimum atomic E-state index is -1.67. The number of nitro groups is 1. The van der Waals surface area contributed by atoms with Crippen molar-refractivity contribution in [1.29, 1.82) is 0 Å². The van der Waals surface area contributed by atoms with E-state index in [-0.39, 0.29) is 18.1 Å². The van der Waals surface area contributed by atoms with Crippen LogP contribution in [-0.4, -0.2) is 26.8 Å². The molecule has 0 saturated heterocycles. The highest BCUT2D eigenvalue weighted by atomic mass is 35.5. The highest BCUT2D eigenvalue weighted by Gasteiger charge is 2.49. The highest BCUT2D eigenvalue weighted by Crippen LogP contribution is 2.46. The van der Waals surface area contributed by atoms with Gasteiger partial charge in [0.05, 0.1) is 10.5 Å². The summed E-state index contributed by atoms with van der Waals surface area (Å²) in [6.07, 6.45) is 0. The maximum Gasteiger partial charge on any atom is 0.340 e. The molecule has 2 atom stereocenters. The Morgan fingerprint density at radius 1 is 0.717 bits per heavy atom. The summed E-state index contributed by atoms with van der Waals surface area (Å²) in [7, 11) is 0. The number of hydrogen-bond acceptors (Lipinski definition) is 6. The minimum absolute atomic E-state index is 0.0345. The van der Waals surface area contributed by atoms with E-state index in [0.717, 1.165) is 0 Å². The number of hydrogen-bond donors (Lipinski definition) is 1. The number of non-ortho nitro benzene ring substituents is 1. The van der Waals surface area contributed by atoms with Gasteiger partial charge < -0.3 is 9.84 Å². The number of alkyl halides is 1. The zero-order valence-corrected chi connectivity index (χ0v) is 26.0. The molecular formula is C35H23Cl3N2O6. The van der Waals surface area contributed by atoms with Gasteiger partial charge in [-0.1, -0.05) is 108 Å². The number of benzene rings is 5. The number of carbonyl (C=O) groups is 2. The average Bonchev–Trinajstić information content (AvgIpc) is 3.45. The molecule has 8 nitrogen and oxygen atoms in total. The fourth-order valence-electron chi connectivity index (χ4n) is 5.55. The van der Waals surface area contributed by atoms with E-state index in [0.29, 0.717) is 49.0 Å². The molecule has 2 aliphatic heterocycles. The van der Waals surface area contributed by atoms with Crippen LogP contribution in [0.25, 0.3) is 0 Å². The van der Waals surface area contributed by atoms with Gasteiger partial charge >= 0.3 is 5.97 Å². The smallest absolute Gasteiger partial charge is 0.340 e. The van der Waals surface area contributed by atoms with E-state index >= 15 is 0 Å². The second-order valence-corrected chi connectivity index (χ2v) is 12.0. The molecule has 0 fully saturated rings. The molecule has 230 valence electrons. The summed E-state index contributed by atoms with van der Waals surface area (Å²) < 4.78 is 5.33. The third-order valence-corrected chi connectivity index (χ3v) is 8.85. The van der Waals surface area contributed by atoms with Crippen LogP contribution in [0, 0.1) is 10.1 Å². The van der Waals surface area contributed by atoms with Crippen molar-refractivity contribution in [1.82, 2.24) is 4.90 Å². The van der Waals surface area contributed by atoms with Crippen LogP contribution in [0.4, 0.5) is 5.69 Å². The van der Waals surface area contributed by atoms with E-state index in [9.17, 15) is 24.8 Å². The lowest BCUT2D eigenvalue weighted by Crippen LogP contribution is -2.44. The van der Waals surface area contributed by atoms with Crippen LogP contribution < -0.4 is 0 Å². The van der Waals surface area contributed by atoms with Gasteiger partial charge in [-0.2, -0.15) is 0 Å². The minimum Gasteiger partial charge on any atom is -0.431 e. The number of cyclic esters (lactones) is 1. The van der Waals surface area contributed by atoms with Gasteiger partial charge in [-0.25, -0.2) is 4.79 Å². The lowest BCUT2D eigenvalue weighted by Gasteiger charge is -2.35. The van der Waals surface area contributed by atoms with E-state index in [1.807, 2.05) is 6.07 Å². The first-order valence-electron chi connectivity index (χ1n) is 13.9. The van der Waals surface area contributed by atoms with Gasteiger partial charge in [-0.15, -0.1) is 0 Å². The van der Waals surface area contributed by atoms with Gasteiger partial charge in [-0.05, 0) is 42.0 Å². The third kappa shape index (κ3) is 5.50. The second-order valence-electron chi connectivity index (χ2n) is 10.6. The maximum atomic E-state index is 13.1. The van der Waals surface area contributed by atoms with E-state index in [1.54, 1.807) is 103 Å². The molecule has 0 spiro atoms. The highest BCUT2D eigenvalue weighted by molar-refractivity contribution is 6.31. The van der Waals surface area contributed by atoms with E-state index in [2.05, 4.69) is 0 Å². The summed E-state index contributed by atoms with van der Waals surface area (Å²) in [5.74, 6) is -0.720. The van der Waals surface area contributed by atoms with Crippen LogP contribution in [0.1, 0.15) is 48.5 Å². The first-order valence-corrected chi connectivity index (χ1v) is 15.1. The number of fused-ring (bicyclic) bond motifs is 2. The average molecular weight is 674 g/mol. The molecule has 0 aromatic heterocycles. The summed E-state index contributed by atoms with van der Waals surface area (Å²) in [4.78, 5) is 36.6. The van der Waals surface area contributed by atoms with Crippen LogP contribution in [0.15, 0.2) is 121 Å². The molecule has 2 heterocycles. The Morgan fingerprint density at radius 3 is 1.83 bits per heavy atom. The Hall–Kier alpha value is -4.73. The third-order valence-electron chi connectivity index (χ3n) is 7.85. The molecule has 0 radical (unpaired) electrons. The SMILES string of the molecule is O=C1OC(Cl)(c2ccc(Cl)cc2)c2ccccc21.O=C1c2ccccc2C(O)(c2ccc(Cl)cc2)N1Cc1ccc([N+](=O)[O-])cc1. The van der Waals surface area contributed by atoms with Gasteiger partial charge in [0.25, 0.3) is 11.6 Å². The van der Waals surface area contributed by atoms with Gasteiger partial charge in [0.2, 0.25) is 5.06 Å². The molecular weight excluding hydrogens is 651 g/mol. The Balaban J connectivity index is 0.000000178. The largest absolute Gasteiger partial charge is 0.431 e. The summed E-state index contributed by atoms with van der Waals surface area (Å²) in [6.45, 7) is 0.0879. The van der Waals surface area contributed by atoms with Crippen molar-refractivity contribution in [2.24, 2.45) is 0 Å². The predicted molar refractivity (Wildman–Crippen MR) is 174 cm³/mol. The Labute approximate surface area is 278 Å². The number of aliphatic hydroxyl groups is 1. The molecule has 7 rings (SSSR count). The number of carbonyl (C=O) groups excluding carboxylic acids is 2. The van der Waals surface area contributed by atoms with Crippen molar-refractivity contribution in [3.05, 3.63) is 180 Å². The zero-order valence-electron chi connectivity index (χ0n) is 23.8. The molecule has 0 aliphatic carbocycles. The first kappa shape index (κ1) is 31.3. The first-order chi connectivity index (χ1) is 22.0. The van der Waals surface area contributed by atoms with Crippen LogP contribution >= 0.6 is 34.8 Å². The van der Waals surface area contributed by atoms with Crippen LogP contribution in [-0.2, 0) is 22.1 Å². The van der Waals surface area contributed by atoms with Crippen molar-refractivity contribution in [2.75, 3.05) is 0 Å². The number of nitro benzene ring substituents is 1. The van der Waals surface area contributed by atoms with Gasteiger partial charge in [0.15, 0.2) is 5.72 Å². The lowest BCUT2D eigenvalue weighted by molar-refractivity contribution is -0.384. The van der Waals surface area contributed by atoms with E-state index in [4.69, 9.17) is 39.5 Å². The van der Waals surface area contributed by atoms with Crippen molar-refractivity contribution < 1.29 is 24.4 Å². The van der Waals surface area contributed by atoms with Crippen molar-refractivity contribution in [3.63, 3.8) is 0 Å². The Kier molecular flexibility index (Phi) is 8.31. The number of rotatable bonds is 5. The predicted octanol–water partition coefficient (Wildman–Crippen LogP) is 8.05. The normalized spacial score (nSPS) is 19.5. The van der Waals surface area contributed by atoms with Crippen molar-refractivity contribution in [3.8, 4) is 0 Å². The fourth-order valence-corrected chi connectivity index (χ4v) is 6.17. The van der Waals surface area contributed by atoms with E-state index in [1.165, 1.54) is 17.0 Å². The standard InChI is InChI=1S/C21H15ClN2O4.C14H8Cl2O2/c22-16-9-7-15(8-10-16)21(26)19-4-2-1-3-18(19)20(25)23(21)13-14-5-11-17(12-6-14)24(27)28;15-10-7-5-9(6-8-10)14(16)12-4-2-1-3-11(12)13(17)18-14/h1-12,26H,13H2;1-8H. The summed E-state index contributed by atoms with van der Waals surface area (Å²) in [6, 6.07) is 33.6. The van der Waals surface area contributed by atoms with Crippen LogP contribution in [0.5, 0.6) is 0 Å². The molecule has 5 aromatic rings. The molecule has 2 aliphatic rings. The van der Waals surface area contributed by atoms with E-state index < -0.39 is 21.7 Å². The molecule has 0 saturated carbocycles. The molecule has 11 heteroatoms. The molecule has 5 aromatic carbocycles. The molecule has 0 bridgehead atoms. The monoisotopic (exact) mass is 672 g/mol. The number of nitrogens with zero attached hydrogens (tertiary/aromatic N) is 2. The van der Waals surface area contributed by atoms with Crippen molar-refractivity contribution >= 4 is 52.4 Å². The number of amides is 1. The topological polar surface area (TPSA) is 110 Å². The lowest BCUT2D eigenvalue weighted by atomic mass is 9.93. The Morgan fingerprint density at radius 2 is 1.24 bits per heavy atom. The fraction of sp³-hybridized carbons (Fsp3) is 0.0857. The molecule has 46 heavy (non-hydrogen) atoms. The molecule has 2 unspecified atom stereocenters. The number of ether oxygens (including phenoxy) is 1. The van der Waals surface area contributed by atoms with Gasteiger partial charge in [0.1, 0.15) is 0 Å². The maximum absolute atomic E-state index is 13.1. The number of esters is 1. The summed E-state index contributed by atoms with van der Waals surface area (Å²) >= 11 is 18.3.